The van der Waals surface area contributed by atoms with Gasteiger partial charge in [0.15, 0.2) is 0 Å². The lowest BCUT2D eigenvalue weighted by atomic mass is 9.63. The quantitative estimate of drug-likeness (QED) is 0.834. The zero-order valence-electron chi connectivity index (χ0n) is 14.7. The molecule has 1 aromatic heterocycles. The molecule has 1 heterocycles. The first-order valence-corrected chi connectivity index (χ1v) is 8.88. The van der Waals surface area contributed by atoms with Gasteiger partial charge in [0.2, 0.25) is 11.5 Å². The molecule has 1 aromatic rings. The van der Waals surface area contributed by atoms with Gasteiger partial charge in [-0.15, -0.1) is 0 Å². The molecule has 2 aliphatic rings. The summed E-state index contributed by atoms with van der Waals surface area (Å²) in [5.41, 5.74) is 3.95. The molecule has 0 spiro atoms. The molecule has 0 radical (unpaired) electrons. The second-order valence-electron chi connectivity index (χ2n) is 7.02. The summed E-state index contributed by atoms with van der Waals surface area (Å²) in [6.45, 7) is 6.26. The van der Waals surface area contributed by atoms with Crippen molar-refractivity contribution in [2.45, 2.75) is 58.4 Å². The van der Waals surface area contributed by atoms with E-state index in [1.807, 2.05) is 13.0 Å². The Labute approximate surface area is 143 Å². The number of allylic oxidation sites excluding steroid dienone is 2. The minimum absolute atomic E-state index is 0.0797. The second-order valence-corrected chi connectivity index (χ2v) is 7.02. The number of fused-ring (bicyclic) bond motifs is 4. The highest BCUT2D eigenvalue weighted by Crippen LogP contribution is 2.49. The molecule has 0 aromatic carbocycles. The van der Waals surface area contributed by atoms with Crippen molar-refractivity contribution in [1.29, 1.82) is 0 Å². The van der Waals surface area contributed by atoms with E-state index in [0.29, 0.717) is 6.42 Å². The van der Waals surface area contributed by atoms with E-state index in [1.165, 1.54) is 11.1 Å². The van der Waals surface area contributed by atoms with E-state index < -0.39 is 5.54 Å². The fraction of sp³-hybridized carbons (Fsp3) is 0.500. The highest BCUT2D eigenvalue weighted by molar-refractivity contribution is 5.78. The van der Waals surface area contributed by atoms with Crippen LogP contribution in [0.5, 0.6) is 0 Å². The molecule has 0 saturated heterocycles. The average Bonchev–Trinajstić information content (AvgIpc) is 2.51. The molecule has 2 bridgehead atoms. The molecule has 24 heavy (non-hydrogen) atoms. The molecule has 2 N–H and O–H groups in total. The summed E-state index contributed by atoms with van der Waals surface area (Å²) in [5, 5.41) is 3.34. The fourth-order valence-electron chi connectivity index (χ4n) is 4.33. The molecular weight excluding hydrogens is 300 g/mol. The highest BCUT2D eigenvalue weighted by atomic mass is 16.1. The van der Waals surface area contributed by atoms with Gasteiger partial charge in [-0.3, -0.25) is 9.59 Å². The number of carbonyl (C=O) groups excluding carboxylic acids is 1. The third-order valence-corrected chi connectivity index (χ3v) is 5.23. The third-order valence-electron chi connectivity index (χ3n) is 5.23. The number of pyridine rings is 1. The van der Waals surface area contributed by atoms with Crippen molar-refractivity contribution >= 4 is 5.91 Å². The molecule has 0 unspecified atom stereocenters. The third kappa shape index (κ3) is 2.74. The first-order chi connectivity index (χ1) is 11.5. The summed E-state index contributed by atoms with van der Waals surface area (Å²) in [6, 6.07) is 3.46. The lowest BCUT2D eigenvalue weighted by Crippen LogP contribution is -2.53. The summed E-state index contributed by atoms with van der Waals surface area (Å²) >= 11 is 0. The van der Waals surface area contributed by atoms with Crippen LogP contribution in [0, 0.1) is 5.92 Å². The van der Waals surface area contributed by atoms with Crippen molar-refractivity contribution in [3.8, 4) is 0 Å². The monoisotopic (exact) mass is 326 g/mol. The summed E-state index contributed by atoms with van der Waals surface area (Å²) in [7, 11) is 0. The van der Waals surface area contributed by atoms with Crippen LogP contribution in [0.4, 0.5) is 0 Å². The van der Waals surface area contributed by atoms with Crippen LogP contribution in [-0.2, 0) is 16.8 Å². The van der Waals surface area contributed by atoms with Gasteiger partial charge in [-0.05, 0) is 44.7 Å². The Hall–Kier alpha value is -2.10. The number of amides is 1. The number of hydrogen-bond acceptors (Lipinski definition) is 2. The maximum atomic E-state index is 12.6. The summed E-state index contributed by atoms with van der Waals surface area (Å²) in [5.74, 6) is 0.324. The van der Waals surface area contributed by atoms with Gasteiger partial charge >= 0.3 is 0 Å². The first kappa shape index (κ1) is 16.7. The van der Waals surface area contributed by atoms with E-state index in [0.717, 1.165) is 36.9 Å². The van der Waals surface area contributed by atoms with Crippen LogP contribution in [0.1, 0.15) is 57.7 Å². The predicted molar refractivity (Wildman–Crippen MR) is 95.7 cm³/mol. The minimum Gasteiger partial charge on any atom is -0.342 e. The molecule has 2 aliphatic carbocycles. The van der Waals surface area contributed by atoms with E-state index in [2.05, 4.69) is 36.3 Å². The Balaban J connectivity index is 2.12. The van der Waals surface area contributed by atoms with Crippen molar-refractivity contribution in [2.24, 2.45) is 5.92 Å². The van der Waals surface area contributed by atoms with Gasteiger partial charge in [-0.2, -0.15) is 0 Å². The van der Waals surface area contributed by atoms with Crippen LogP contribution in [0.15, 0.2) is 40.2 Å². The molecule has 1 amide bonds. The van der Waals surface area contributed by atoms with Crippen LogP contribution >= 0.6 is 0 Å². The number of nitrogens with one attached hydrogen (secondary N) is 2. The van der Waals surface area contributed by atoms with Crippen LogP contribution in [0.3, 0.4) is 0 Å². The van der Waals surface area contributed by atoms with E-state index in [4.69, 9.17) is 0 Å². The van der Waals surface area contributed by atoms with E-state index >= 15 is 0 Å². The van der Waals surface area contributed by atoms with Crippen molar-refractivity contribution in [3.63, 3.8) is 0 Å². The maximum Gasteiger partial charge on any atom is 0.248 e. The second kappa shape index (κ2) is 6.42. The number of carbonyl (C=O) groups is 1. The number of rotatable bonds is 4. The first-order valence-electron chi connectivity index (χ1n) is 8.88. The molecule has 4 nitrogen and oxygen atoms in total. The summed E-state index contributed by atoms with van der Waals surface area (Å²) in [6.07, 6.45) is 8.41. The van der Waals surface area contributed by atoms with Crippen molar-refractivity contribution in [2.75, 3.05) is 0 Å². The summed E-state index contributed by atoms with van der Waals surface area (Å²) < 4.78 is 0. The fourth-order valence-corrected chi connectivity index (χ4v) is 4.33. The van der Waals surface area contributed by atoms with Gasteiger partial charge in [-0.1, -0.05) is 31.1 Å². The number of aromatic nitrogens is 1. The van der Waals surface area contributed by atoms with Gasteiger partial charge in [0.25, 0.3) is 0 Å². The van der Waals surface area contributed by atoms with Crippen LogP contribution in [0.25, 0.3) is 0 Å². The van der Waals surface area contributed by atoms with Gasteiger partial charge in [0.05, 0.1) is 5.54 Å². The Kier molecular flexibility index (Phi) is 4.48. The van der Waals surface area contributed by atoms with Crippen molar-refractivity contribution < 1.29 is 4.79 Å². The molecule has 3 rings (SSSR count). The molecule has 4 heteroatoms. The van der Waals surface area contributed by atoms with Gasteiger partial charge < -0.3 is 10.3 Å². The maximum absolute atomic E-state index is 12.6. The smallest absolute Gasteiger partial charge is 0.248 e. The van der Waals surface area contributed by atoms with Gasteiger partial charge in [-0.25, -0.2) is 0 Å². The Morgan fingerprint density at radius 2 is 2.25 bits per heavy atom. The van der Waals surface area contributed by atoms with Crippen molar-refractivity contribution in [3.05, 3.63) is 57.0 Å². The zero-order valence-corrected chi connectivity index (χ0v) is 14.7. The summed E-state index contributed by atoms with van der Waals surface area (Å²) in [4.78, 5) is 27.3. The highest BCUT2D eigenvalue weighted by Gasteiger charge is 2.47. The van der Waals surface area contributed by atoms with Gasteiger partial charge in [0, 0.05) is 29.7 Å². The number of aromatic amines is 1. The average molecular weight is 326 g/mol. The van der Waals surface area contributed by atoms with Crippen LogP contribution < -0.4 is 10.9 Å². The molecule has 0 aliphatic heterocycles. The van der Waals surface area contributed by atoms with Crippen molar-refractivity contribution in [1.82, 2.24) is 10.3 Å². The molecule has 0 saturated carbocycles. The number of unbranched alkanes of at least 4 members (excludes halogenated alkanes) is 1. The zero-order chi connectivity index (χ0) is 17.3. The number of hydrogen-bond donors (Lipinski definition) is 2. The Morgan fingerprint density at radius 3 is 2.96 bits per heavy atom. The van der Waals surface area contributed by atoms with Crippen LogP contribution in [0.2, 0.25) is 0 Å². The lowest BCUT2D eigenvalue weighted by Gasteiger charge is -2.48. The molecule has 0 fully saturated rings. The molecule has 2 atom stereocenters. The normalized spacial score (nSPS) is 26.7. The largest absolute Gasteiger partial charge is 0.342 e. The van der Waals surface area contributed by atoms with E-state index in [-0.39, 0.29) is 17.4 Å². The minimum atomic E-state index is -0.513. The van der Waals surface area contributed by atoms with Gasteiger partial charge in [0.1, 0.15) is 0 Å². The van der Waals surface area contributed by atoms with E-state index in [9.17, 15) is 9.59 Å². The standard InChI is InChI=1S/C20H26N2O2/c1-4-6-7-19(24)22-20-12-13(3)10-14(15(20)5-2)11-17-16(20)8-9-18(23)21-17/h5,8-10,14H,4,6-7,11-12H2,1-3H3,(H,21,23)(H,22,24)/b15-5+/t14-,20+/m0/s1. The number of H-pyrrole nitrogens is 1. The van der Waals surface area contributed by atoms with Crippen LogP contribution in [-0.4, -0.2) is 10.9 Å². The van der Waals surface area contributed by atoms with E-state index in [1.54, 1.807) is 6.07 Å². The Bertz CT molecular complexity index is 772. The molecular formula is C20H26N2O2. The SMILES string of the molecule is C/C=C1\[C@H]2C=C(C)C[C@]1(NC(=O)CCCC)c1ccc(=O)[nH]c1C2. The predicted octanol–water partition coefficient (Wildman–Crippen LogP) is 3.35. The molecule has 128 valence electrons. The lowest BCUT2D eigenvalue weighted by molar-refractivity contribution is -0.123. The topological polar surface area (TPSA) is 62.0 Å². The Morgan fingerprint density at radius 1 is 1.46 bits per heavy atom.